The third-order valence-corrected chi connectivity index (χ3v) is 4.32. The maximum atomic E-state index is 11.6. The molecule has 1 atom stereocenters. The molecule has 0 N–H and O–H groups in total. The van der Waals surface area contributed by atoms with Crippen LogP contribution in [0.1, 0.15) is 36.5 Å². The van der Waals surface area contributed by atoms with Crippen LogP contribution in [0.5, 0.6) is 0 Å². The first-order chi connectivity index (χ1) is 10.6. The molecular weight excluding hydrogens is 280 g/mol. The maximum Gasteiger partial charge on any atom is 0.338 e. The minimum atomic E-state index is -0.351. The van der Waals surface area contributed by atoms with Crippen LogP contribution in [0.4, 0.5) is 0 Å². The second kappa shape index (κ2) is 6.04. The van der Waals surface area contributed by atoms with Crippen molar-refractivity contribution in [2.75, 3.05) is 20.2 Å². The van der Waals surface area contributed by atoms with E-state index in [0.29, 0.717) is 23.2 Å². The molecule has 0 bridgehead atoms. The molecule has 3 heterocycles. The highest BCUT2D eigenvalue weighted by molar-refractivity contribution is 5.90. The lowest BCUT2D eigenvalue weighted by atomic mass is 10.1. The van der Waals surface area contributed by atoms with Crippen molar-refractivity contribution < 1.29 is 9.53 Å². The molecule has 1 unspecified atom stereocenters. The van der Waals surface area contributed by atoms with Crippen molar-refractivity contribution in [2.24, 2.45) is 5.92 Å². The Kier molecular flexibility index (Phi) is 4.11. The highest BCUT2D eigenvalue weighted by Crippen LogP contribution is 2.21. The van der Waals surface area contributed by atoms with Gasteiger partial charge >= 0.3 is 5.97 Å². The Labute approximate surface area is 130 Å². The number of nitrogens with zero attached hydrogens (tertiary/aromatic N) is 4. The molecule has 0 radical (unpaired) electrons. The van der Waals surface area contributed by atoms with Gasteiger partial charge in [-0.2, -0.15) is 5.10 Å². The summed E-state index contributed by atoms with van der Waals surface area (Å²) in [5, 5.41) is 4.51. The summed E-state index contributed by atoms with van der Waals surface area (Å²) < 4.78 is 6.45. The zero-order valence-corrected chi connectivity index (χ0v) is 13.3. The van der Waals surface area contributed by atoms with Gasteiger partial charge in [0.1, 0.15) is 0 Å². The van der Waals surface area contributed by atoms with Crippen LogP contribution >= 0.6 is 0 Å². The SMILES string of the molecule is COC(=O)c1ccn2nc(CC3CCN(C(C)C)C3)nc2c1. The first kappa shape index (κ1) is 15.0. The Hall–Kier alpha value is -1.95. The summed E-state index contributed by atoms with van der Waals surface area (Å²) in [7, 11) is 1.38. The van der Waals surface area contributed by atoms with E-state index in [-0.39, 0.29) is 5.97 Å². The van der Waals surface area contributed by atoms with Crippen molar-refractivity contribution in [2.45, 2.75) is 32.7 Å². The van der Waals surface area contributed by atoms with Gasteiger partial charge in [0, 0.05) is 25.2 Å². The lowest BCUT2D eigenvalue weighted by Crippen LogP contribution is -2.28. The molecule has 2 aromatic rings. The number of aromatic nitrogens is 3. The van der Waals surface area contributed by atoms with Crippen molar-refractivity contribution >= 4 is 11.6 Å². The number of pyridine rings is 1. The number of ether oxygens (including phenoxy) is 1. The molecule has 0 saturated carbocycles. The average molecular weight is 302 g/mol. The number of fused-ring (bicyclic) bond motifs is 1. The monoisotopic (exact) mass is 302 g/mol. The van der Waals surface area contributed by atoms with E-state index in [1.54, 1.807) is 22.8 Å². The highest BCUT2D eigenvalue weighted by Gasteiger charge is 2.25. The van der Waals surface area contributed by atoms with Gasteiger partial charge in [-0.1, -0.05) is 0 Å². The molecular formula is C16H22N4O2. The van der Waals surface area contributed by atoms with Crippen LogP contribution in [-0.2, 0) is 11.2 Å². The van der Waals surface area contributed by atoms with Crippen molar-refractivity contribution in [3.8, 4) is 0 Å². The minimum Gasteiger partial charge on any atom is -0.465 e. The van der Waals surface area contributed by atoms with Crippen LogP contribution in [0.15, 0.2) is 18.3 Å². The topological polar surface area (TPSA) is 59.7 Å². The smallest absolute Gasteiger partial charge is 0.338 e. The highest BCUT2D eigenvalue weighted by atomic mass is 16.5. The first-order valence-electron chi connectivity index (χ1n) is 7.74. The summed E-state index contributed by atoms with van der Waals surface area (Å²) in [5.74, 6) is 1.10. The van der Waals surface area contributed by atoms with Gasteiger partial charge in [0.15, 0.2) is 11.5 Å². The van der Waals surface area contributed by atoms with Crippen LogP contribution in [0.25, 0.3) is 5.65 Å². The number of likely N-dealkylation sites (tertiary alicyclic amines) is 1. The summed E-state index contributed by atoms with van der Waals surface area (Å²) in [5.41, 5.74) is 1.19. The Morgan fingerprint density at radius 2 is 2.32 bits per heavy atom. The summed E-state index contributed by atoms with van der Waals surface area (Å²) in [6, 6.07) is 4.02. The van der Waals surface area contributed by atoms with Crippen molar-refractivity contribution in [3.63, 3.8) is 0 Å². The normalized spacial score (nSPS) is 19.2. The van der Waals surface area contributed by atoms with Crippen LogP contribution in [0.3, 0.4) is 0 Å². The first-order valence-corrected chi connectivity index (χ1v) is 7.74. The Bertz CT molecular complexity index is 680. The van der Waals surface area contributed by atoms with Crippen LogP contribution in [0, 0.1) is 5.92 Å². The van der Waals surface area contributed by atoms with E-state index in [9.17, 15) is 4.79 Å². The molecule has 1 aliphatic heterocycles. The van der Waals surface area contributed by atoms with Crippen molar-refractivity contribution in [1.29, 1.82) is 0 Å². The van der Waals surface area contributed by atoms with Gasteiger partial charge < -0.3 is 9.64 Å². The van der Waals surface area contributed by atoms with Crippen molar-refractivity contribution in [1.82, 2.24) is 19.5 Å². The van der Waals surface area contributed by atoms with Crippen LogP contribution < -0.4 is 0 Å². The van der Waals surface area contributed by atoms with Gasteiger partial charge in [0.05, 0.1) is 12.7 Å². The largest absolute Gasteiger partial charge is 0.465 e. The van der Waals surface area contributed by atoms with E-state index in [0.717, 1.165) is 25.3 Å². The van der Waals surface area contributed by atoms with Gasteiger partial charge in [-0.3, -0.25) is 0 Å². The van der Waals surface area contributed by atoms with Gasteiger partial charge in [-0.05, 0) is 44.9 Å². The van der Waals surface area contributed by atoms with E-state index in [2.05, 4.69) is 28.8 Å². The molecule has 2 aromatic heterocycles. The van der Waals surface area contributed by atoms with Crippen molar-refractivity contribution in [3.05, 3.63) is 29.7 Å². The number of esters is 1. The van der Waals surface area contributed by atoms with Crippen LogP contribution in [-0.4, -0.2) is 51.7 Å². The molecule has 22 heavy (non-hydrogen) atoms. The summed E-state index contributed by atoms with van der Waals surface area (Å²) in [6.45, 7) is 6.74. The van der Waals surface area contributed by atoms with Gasteiger partial charge in [-0.15, -0.1) is 0 Å². The molecule has 1 saturated heterocycles. The zero-order valence-electron chi connectivity index (χ0n) is 13.3. The predicted octanol–water partition coefficient (Wildman–Crippen LogP) is 1.79. The Balaban J connectivity index is 1.74. The quantitative estimate of drug-likeness (QED) is 0.806. The summed E-state index contributed by atoms with van der Waals surface area (Å²) >= 11 is 0. The number of carbonyl (C=O) groups is 1. The minimum absolute atomic E-state index is 0.351. The van der Waals surface area contributed by atoms with E-state index in [4.69, 9.17) is 4.74 Å². The second-order valence-electron chi connectivity index (χ2n) is 6.19. The van der Waals surface area contributed by atoms with E-state index in [1.807, 2.05) is 0 Å². The van der Waals surface area contributed by atoms with Crippen LogP contribution in [0.2, 0.25) is 0 Å². The molecule has 0 aliphatic carbocycles. The third-order valence-electron chi connectivity index (χ3n) is 4.32. The number of carbonyl (C=O) groups excluding carboxylic acids is 1. The summed E-state index contributed by atoms with van der Waals surface area (Å²) in [6.07, 6.45) is 3.84. The molecule has 1 fully saturated rings. The van der Waals surface area contributed by atoms with E-state index >= 15 is 0 Å². The number of methoxy groups -OCH3 is 1. The Morgan fingerprint density at radius 3 is 3.00 bits per heavy atom. The maximum absolute atomic E-state index is 11.6. The molecule has 1 aliphatic rings. The number of hydrogen-bond donors (Lipinski definition) is 0. The number of rotatable bonds is 4. The second-order valence-corrected chi connectivity index (χ2v) is 6.19. The fourth-order valence-electron chi connectivity index (χ4n) is 3.02. The molecule has 0 amide bonds. The molecule has 0 aromatic carbocycles. The molecule has 118 valence electrons. The Morgan fingerprint density at radius 1 is 1.50 bits per heavy atom. The lowest BCUT2D eigenvalue weighted by Gasteiger charge is -2.19. The average Bonchev–Trinajstić information content (AvgIpc) is 3.12. The fourth-order valence-corrected chi connectivity index (χ4v) is 3.02. The lowest BCUT2D eigenvalue weighted by molar-refractivity contribution is 0.0600. The third kappa shape index (κ3) is 2.97. The number of hydrogen-bond acceptors (Lipinski definition) is 5. The summed E-state index contributed by atoms with van der Waals surface area (Å²) in [4.78, 5) is 18.6. The molecule has 3 rings (SSSR count). The van der Waals surface area contributed by atoms with Gasteiger partial charge in [-0.25, -0.2) is 14.3 Å². The van der Waals surface area contributed by atoms with E-state index < -0.39 is 0 Å². The standard InChI is InChI=1S/C16H22N4O2/c1-11(2)19-6-4-12(10-19)8-14-17-15-9-13(16(21)22-3)5-7-20(15)18-14/h5,7,9,11-12H,4,6,8,10H2,1-3H3. The molecule has 0 spiro atoms. The zero-order chi connectivity index (χ0) is 15.7. The molecule has 6 heteroatoms. The molecule has 6 nitrogen and oxygen atoms in total. The van der Waals surface area contributed by atoms with Gasteiger partial charge in [0.25, 0.3) is 0 Å². The predicted molar refractivity (Wildman–Crippen MR) is 82.8 cm³/mol. The van der Waals surface area contributed by atoms with Gasteiger partial charge in [0.2, 0.25) is 0 Å². The van der Waals surface area contributed by atoms with E-state index in [1.165, 1.54) is 13.5 Å². The fraction of sp³-hybridized carbons (Fsp3) is 0.562.